The van der Waals surface area contributed by atoms with Crippen LogP contribution in [0.2, 0.25) is 0 Å². The van der Waals surface area contributed by atoms with Gasteiger partial charge in [-0.2, -0.15) is 0 Å². The summed E-state index contributed by atoms with van der Waals surface area (Å²) in [6, 6.07) is 0. The second-order valence-corrected chi connectivity index (χ2v) is 6.84. The van der Waals surface area contributed by atoms with Gasteiger partial charge in [0.25, 0.3) is 0 Å². The fraction of sp³-hybridized carbons (Fsp3) is 0.750. The Hall–Kier alpha value is -1.32. The van der Waals surface area contributed by atoms with Crippen molar-refractivity contribution in [2.45, 2.75) is 46.0 Å². The van der Waals surface area contributed by atoms with Crippen LogP contribution in [-0.4, -0.2) is 35.0 Å². The van der Waals surface area contributed by atoms with E-state index < -0.39 is 11.9 Å². The Balaban J connectivity index is 2.06. The third-order valence-corrected chi connectivity index (χ3v) is 4.72. The molecular formula is C16H25NO3. The van der Waals surface area contributed by atoms with Crippen molar-refractivity contribution >= 4 is 11.9 Å². The second kappa shape index (κ2) is 5.98. The number of amides is 1. The fourth-order valence-electron chi connectivity index (χ4n) is 3.24. The van der Waals surface area contributed by atoms with Crippen LogP contribution < -0.4 is 0 Å². The molecular weight excluding hydrogens is 254 g/mol. The van der Waals surface area contributed by atoms with Crippen molar-refractivity contribution in [2.24, 2.45) is 17.3 Å². The molecule has 0 aromatic carbocycles. The topological polar surface area (TPSA) is 57.6 Å². The molecule has 1 saturated heterocycles. The minimum Gasteiger partial charge on any atom is -0.481 e. The van der Waals surface area contributed by atoms with Crippen LogP contribution in [0.1, 0.15) is 46.0 Å². The van der Waals surface area contributed by atoms with Crippen molar-refractivity contribution in [3.05, 3.63) is 12.2 Å². The Morgan fingerprint density at radius 2 is 1.75 bits per heavy atom. The smallest absolute Gasteiger partial charge is 0.307 e. The molecule has 0 aromatic rings. The van der Waals surface area contributed by atoms with E-state index in [1.54, 1.807) is 0 Å². The number of carbonyl (C=O) groups excluding carboxylic acids is 1. The highest BCUT2D eigenvalue weighted by Gasteiger charge is 2.37. The van der Waals surface area contributed by atoms with Crippen molar-refractivity contribution in [1.29, 1.82) is 0 Å². The second-order valence-electron chi connectivity index (χ2n) is 6.84. The summed E-state index contributed by atoms with van der Waals surface area (Å²) in [4.78, 5) is 25.9. The Bertz CT molecular complexity index is 414. The van der Waals surface area contributed by atoms with Gasteiger partial charge in [0.1, 0.15) is 0 Å². The van der Waals surface area contributed by atoms with E-state index in [9.17, 15) is 14.7 Å². The summed E-state index contributed by atoms with van der Waals surface area (Å²) in [5.41, 5.74) is 0.285. The van der Waals surface area contributed by atoms with E-state index in [0.717, 1.165) is 32.4 Å². The SMILES string of the molecule is CC1(C)CCCN(C(=O)C2CC=CCC2C(=O)O)CC1. The average Bonchev–Trinajstić information content (AvgIpc) is 2.59. The lowest BCUT2D eigenvalue weighted by Crippen LogP contribution is -2.42. The summed E-state index contributed by atoms with van der Waals surface area (Å²) >= 11 is 0. The number of likely N-dealkylation sites (tertiary alicyclic amines) is 1. The molecule has 112 valence electrons. The van der Waals surface area contributed by atoms with Gasteiger partial charge in [0.05, 0.1) is 11.8 Å². The first kappa shape index (κ1) is 15.1. The number of nitrogens with zero attached hydrogens (tertiary/aromatic N) is 1. The van der Waals surface area contributed by atoms with E-state index >= 15 is 0 Å². The van der Waals surface area contributed by atoms with E-state index in [-0.39, 0.29) is 17.2 Å². The molecule has 1 fully saturated rings. The third kappa shape index (κ3) is 3.41. The molecule has 1 aliphatic heterocycles. The van der Waals surface area contributed by atoms with Crippen LogP contribution in [-0.2, 0) is 9.59 Å². The first-order valence-corrected chi connectivity index (χ1v) is 7.57. The van der Waals surface area contributed by atoms with Gasteiger partial charge in [-0.3, -0.25) is 9.59 Å². The van der Waals surface area contributed by atoms with Gasteiger partial charge in [-0.05, 0) is 37.5 Å². The largest absolute Gasteiger partial charge is 0.481 e. The predicted octanol–water partition coefficient (Wildman–Crippen LogP) is 2.69. The van der Waals surface area contributed by atoms with Gasteiger partial charge < -0.3 is 10.0 Å². The summed E-state index contributed by atoms with van der Waals surface area (Å²) in [5, 5.41) is 9.29. The molecule has 1 aliphatic carbocycles. The molecule has 0 bridgehead atoms. The molecule has 2 unspecified atom stereocenters. The van der Waals surface area contributed by atoms with Crippen LogP contribution in [0.5, 0.6) is 0 Å². The fourth-order valence-corrected chi connectivity index (χ4v) is 3.24. The molecule has 0 saturated carbocycles. The first-order chi connectivity index (χ1) is 9.41. The summed E-state index contributed by atoms with van der Waals surface area (Å²) in [7, 11) is 0. The summed E-state index contributed by atoms with van der Waals surface area (Å²) in [5.74, 6) is -1.73. The lowest BCUT2D eigenvalue weighted by atomic mass is 9.82. The minimum atomic E-state index is -0.845. The molecule has 2 atom stereocenters. The van der Waals surface area contributed by atoms with Gasteiger partial charge >= 0.3 is 5.97 Å². The zero-order chi connectivity index (χ0) is 14.8. The number of carboxylic acids is 1. The number of aliphatic carboxylic acids is 1. The van der Waals surface area contributed by atoms with Crippen molar-refractivity contribution in [1.82, 2.24) is 4.90 Å². The number of carboxylic acid groups (broad SMARTS) is 1. The number of carbonyl (C=O) groups is 2. The molecule has 1 N–H and O–H groups in total. The number of hydrogen-bond donors (Lipinski definition) is 1. The molecule has 0 radical (unpaired) electrons. The molecule has 4 heteroatoms. The van der Waals surface area contributed by atoms with Crippen LogP contribution >= 0.6 is 0 Å². The monoisotopic (exact) mass is 279 g/mol. The Morgan fingerprint density at radius 3 is 2.40 bits per heavy atom. The molecule has 0 aromatic heterocycles. The molecule has 0 spiro atoms. The molecule has 1 amide bonds. The highest BCUT2D eigenvalue weighted by Crippen LogP contribution is 2.32. The zero-order valence-corrected chi connectivity index (χ0v) is 12.5. The maximum atomic E-state index is 12.7. The lowest BCUT2D eigenvalue weighted by molar-refractivity contribution is -0.150. The molecule has 4 nitrogen and oxygen atoms in total. The van der Waals surface area contributed by atoms with Gasteiger partial charge in [0.2, 0.25) is 5.91 Å². The normalized spacial score (nSPS) is 29.8. The average molecular weight is 279 g/mol. The van der Waals surface area contributed by atoms with Crippen molar-refractivity contribution in [3.63, 3.8) is 0 Å². The van der Waals surface area contributed by atoms with Crippen molar-refractivity contribution < 1.29 is 14.7 Å². The predicted molar refractivity (Wildman–Crippen MR) is 77.2 cm³/mol. The van der Waals surface area contributed by atoms with Gasteiger partial charge in [-0.15, -0.1) is 0 Å². The van der Waals surface area contributed by atoms with E-state index in [1.807, 2.05) is 17.1 Å². The zero-order valence-electron chi connectivity index (χ0n) is 12.5. The lowest BCUT2D eigenvalue weighted by Gasteiger charge is -2.30. The Morgan fingerprint density at radius 1 is 1.10 bits per heavy atom. The maximum Gasteiger partial charge on any atom is 0.307 e. The Kier molecular flexibility index (Phi) is 4.51. The first-order valence-electron chi connectivity index (χ1n) is 7.57. The standard InChI is InChI=1S/C16H25NO3/c1-16(2)8-5-10-17(11-9-16)14(18)12-6-3-4-7-13(12)15(19)20/h3-4,12-13H,5-11H2,1-2H3,(H,19,20). The summed E-state index contributed by atoms with van der Waals surface area (Å²) < 4.78 is 0. The van der Waals surface area contributed by atoms with Crippen LogP contribution in [0.4, 0.5) is 0 Å². The van der Waals surface area contributed by atoms with Crippen LogP contribution in [0, 0.1) is 17.3 Å². The van der Waals surface area contributed by atoms with Gasteiger partial charge in [-0.1, -0.05) is 26.0 Å². The summed E-state index contributed by atoms with van der Waals surface area (Å²) in [6.45, 7) is 6.02. The third-order valence-electron chi connectivity index (χ3n) is 4.72. The van der Waals surface area contributed by atoms with Crippen LogP contribution in [0.15, 0.2) is 12.2 Å². The van der Waals surface area contributed by atoms with E-state index in [4.69, 9.17) is 0 Å². The highest BCUT2D eigenvalue weighted by atomic mass is 16.4. The molecule has 1 heterocycles. The minimum absolute atomic E-state index is 0.0412. The Labute approximate surface area is 120 Å². The van der Waals surface area contributed by atoms with E-state index in [1.165, 1.54) is 0 Å². The quantitative estimate of drug-likeness (QED) is 0.791. The number of rotatable bonds is 2. The van der Waals surface area contributed by atoms with Gasteiger partial charge in [0, 0.05) is 13.1 Å². The number of allylic oxidation sites excluding steroid dienone is 2. The van der Waals surface area contributed by atoms with Crippen molar-refractivity contribution in [3.8, 4) is 0 Å². The highest BCUT2D eigenvalue weighted by molar-refractivity contribution is 5.85. The van der Waals surface area contributed by atoms with E-state index in [2.05, 4.69) is 13.8 Å². The molecule has 20 heavy (non-hydrogen) atoms. The van der Waals surface area contributed by atoms with Crippen molar-refractivity contribution in [2.75, 3.05) is 13.1 Å². The van der Waals surface area contributed by atoms with Crippen LogP contribution in [0.25, 0.3) is 0 Å². The van der Waals surface area contributed by atoms with Gasteiger partial charge in [0.15, 0.2) is 0 Å². The maximum absolute atomic E-state index is 12.7. The molecule has 2 rings (SSSR count). The number of hydrogen-bond acceptors (Lipinski definition) is 2. The van der Waals surface area contributed by atoms with E-state index in [0.29, 0.717) is 12.8 Å². The van der Waals surface area contributed by atoms with Crippen LogP contribution in [0.3, 0.4) is 0 Å². The van der Waals surface area contributed by atoms with Gasteiger partial charge in [-0.25, -0.2) is 0 Å². The molecule has 2 aliphatic rings. The summed E-state index contributed by atoms with van der Waals surface area (Å²) in [6.07, 6.45) is 8.01.